The van der Waals surface area contributed by atoms with Gasteiger partial charge in [-0.05, 0) is 47.5 Å². The number of carbonyl (C=O) groups is 1. The second-order valence-corrected chi connectivity index (χ2v) is 5.99. The van der Waals surface area contributed by atoms with E-state index in [1.807, 2.05) is 24.3 Å². The molecular formula is C20H13N3O5. The molecular weight excluding hydrogens is 362 g/mol. The van der Waals surface area contributed by atoms with Crippen molar-refractivity contribution in [3.63, 3.8) is 0 Å². The second-order valence-electron chi connectivity index (χ2n) is 5.99. The summed E-state index contributed by atoms with van der Waals surface area (Å²) in [5.74, 6) is 1.65. The molecule has 2 aromatic carbocycles. The molecule has 1 aliphatic rings. The number of hydrogen-bond acceptors (Lipinski definition) is 7. The van der Waals surface area contributed by atoms with Crippen LogP contribution >= 0.6 is 0 Å². The van der Waals surface area contributed by atoms with Gasteiger partial charge in [0.2, 0.25) is 6.79 Å². The summed E-state index contributed by atoms with van der Waals surface area (Å²) in [6.07, 6.45) is 1.50. The molecule has 138 valence electrons. The fraction of sp³-hybridized carbons (Fsp3) is 0.0500. The molecule has 4 aromatic rings. The van der Waals surface area contributed by atoms with Crippen LogP contribution in [-0.2, 0) is 0 Å². The average Bonchev–Trinajstić information content (AvgIpc) is 3.48. The highest BCUT2D eigenvalue weighted by atomic mass is 16.7. The van der Waals surface area contributed by atoms with E-state index in [9.17, 15) is 4.79 Å². The first-order valence-electron chi connectivity index (χ1n) is 8.45. The highest BCUT2D eigenvalue weighted by Gasteiger charge is 2.16. The lowest BCUT2D eigenvalue weighted by Crippen LogP contribution is -2.12. The number of anilines is 1. The van der Waals surface area contributed by atoms with Crippen LogP contribution < -0.4 is 14.8 Å². The number of furan rings is 1. The Labute approximate surface area is 158 Å². The molecule has 0 atom stereocenters. The van der Waals surface area contributed by atoms with Gasteiger partial charge in [-0.25, -0.2) is 0 Å². The Morgan fingerprint density at radius 1 is 0.929 bits per heavy atom. The number of rotatable bonds is 4. The molecule has 0 aliphatic carbocycles. The maximum atomic E-state index is 12.6. The van der Waals surface area contributed by atoms with Gasteiger partial charge < -0.3 is 18.3 Å². The molecule has 0 bridgehead atoms. The van der Waals surface area contributed by atoms with Gasteiger partial charge in [0.05, 0.1) is 6.26 Å². The van der Waals surface area contributed by atoms with Crippen molar-refractivity contribution in [2.24, 2.45) is 0 Å². The van der Waals surface area contributed by atoms with Crippen LogP contribution in [0, 0.1) is 0 Å². The third kappa shape index (κ3) is 2.96. The third-order valence-electron chi connectivity index (χ3n) is 4.21. The highest BCUT2D eigenvalue weighted by Crippen LogP contribution is 2.36. The van der Waals surface area contributed by atoms with Gasteiger partial charge in [0.25, 0.3) is 11.8 Å². The molecule has 0 radical (unpaired) electrons. The number of nitrogens with zero attached hydrogens (tertiary/aromatic N) is 2. The van der Waals surface area contributed by atoms with Crippen LogP contribution in [-0.4, -0.2) is 22.9 Å². The maximum Gasteiger partial charge on any atom is 0.322 e. The van der Waals surface area contributed by atoms with Crippen LogP contribution in [0.1, 0.15) is 10.4 Å². The van der Waals surface area contributed by atoms with E-state index < -0.39 is 0 Å². The Morgan fingerprint density at radius 2 is 1.82 bits per heavy atom. The van der Waals surface area contributed by atoms with Gasteiger partial charge >= 0.3 is 6.01 Å². The number of benzene rings is 2. The molecule has 0 unspecified atom stereocenters. The Balaban J connectivity index is 1.36. The van der Waals surface area contributed by atoms with E-state index in [4.69, 9.17) is 18.3 Å². The largest absolute Gasteiger partial charge is 0.459 e. The quantitative estimate of drug-likeness (QED) is 0.576. The number of ether oxygens (including phenoxy) is 2. The summed E-state index contributed by atoms with van der Waals surface area (Å²) < 4.78 is 21.3. The van der Waals surface area contributed by atoms with E-state index in [2.05, 4.69) is 15.5 Å². The summed E-state index contributed by atoms with van der Waals surface area (Å²) in [6.45, 7) is 0.214. The zero-order chi connectivity index (χ0) is 18.9. The normalized spacial score (nSPS) is 12.1. The Hall–Kier alpha value is -4.07. The molecule has 0 fully saturated rings. The van der Waals surface area contributed by atoms with Gasteiger partial charge in [0, 0.05) is 5.56 Å². The van der Waals surface area contributed by atoms with Crippen LogP contribution in [0.15, 0.2) is 69.7 Å². The predicted octanol–water partition coefficient (Wildman–Crippen LogP) is 3.98. The zero-order valence-corrected chi connectivity index (χ0v) is 14.4. The van der Waals surface area contributed by atoms with Crippen molar-refractivity contribution in [3.05, 3.63) is 66.4 Å². The highest BCUT2D eigenvalue weighted by molar-refractivity contribution is 6.03. The van der Waals surface area contributed by atoms with Gasteiger partial charge in [-0.3, -0.25) is 10.1 Å². The maximum absolute atomic E-state index is 12.6. The molecule has 5 rings (SSSR count). The lowest BCUT2D eigenvalue weighted by Gasteiger charge is -2.06. The number of aromatic nitrogens is 2. The summed E-state index contributed by atoms with van der Waals surface area (Å²) in [7, 11) is 0. The molecule has 3 heterocycles. The number of carbonyl (C=O) groups excluding carboxylic acids is 1. The summed E-state index contributed by atoms with van der Waals surface area (Å²) in [5.41, 5.74) is 2.23. The lowest BCUT2D eigenvalue weighted by atomic mass is 10.0. The third-order valence-corrected chi connectivity index (χ3v) is 4.21. The molecule has 0 saturated carbocycles. The Kier molecular flexibility index (Phi) is 3.79. The Morgan fingerprint density at radius 3 is 2.71 bits per heavy atom. The molecule has 8 nitrogen and oxygen atoms in total. The van der Waals surface area contributed by atoms with Gasteiger partial charge in [-0.2, -0.15) is 0 Å². The SMILES string of the molecule is O=C(Nc1nnc(-c2ccco2)o1)c1cccc(-c2ccc3c(c2)OCO3)c1. The smallest absolute Gasteiger partial charge is 0.322 e. The molecule has 1 aliphatic heterocycles. The summed E-state index contributed by atoms with van der Waals surface area (Å²) >= 11 is 0. The first-order valence-corrected chi connectivity index (χ1v) is 8.45. The summed E-state index contributed by atoms with van der Waals surface area (Å²) in [5, 5.41) is 10.3. The van der Waals surface area contributed by atoms with Crippen molar-refractivity contribution in [1.29, 1.82) is 0 Å². The van der Waals surface area contributed by atoms with E-state index in [0.29, 0.717) is 22.8 Å². The van der Waals surface area contributed by atoms with Gasteiger partial charge in [-0.15, -0.1) is 5.10 Å². The number of fused-ring (bicyclic) bond motifs is 1. The number of hydrogen-bond donors (Lipinski definition) is 1. The Bertz CT molecular complexity index is 1150. The number of amides is 1. The van der Waals surface area contributed by atoms with Gasteiger partial charge in [-0.1, -0.05) is 23.3 Å². The van der Waals surface area contributed by atoms with Crippen molar-refractivity contribution in [2.75, 3.05) is 12.1 Å². The molecule has 28 heavy (non-hydrogen) atoms. The van der Waals surface area contributed by atoms with Crippen LogP contribution in [0.25, 0.3) is 22.8 Å². The fourth-order valence-electron chi connectivity index (χ4n) is 2.86. The van der Waals surface area contributed by atoms with E-state index in [1.54, 1.807) is 30.3 Å². The van der Waals surface area contributed by atoms with Crippen LogP contribution in [0.2, 0.25) is 0 Å². The minimum atomic E-state index is -0.364. The van der Waals surface area contributed by atoms with E-state index in [1.165, 1.54) is 6.26 Å². The minimum Gasteiger partial charge on any atom is -0.459 e. The molecule has 0 spiro atoms. The molecule has 8 heteroatoms. The first kappa shape index (κ1) is 16.1. The van der Waals surface area contributed by atoms with Crippen molar-refractivity contribution >= 4 is 11.9 Å². The van der Waals surface area contributed by atoms with Crippen molar-refractivity contribution in [2.45, 2.75) is 0 Å². The number of nitrogens with one attached hydrogen (secondary N) is 1. The molecule has 0 saturated heterocycles. The lowest BCUT2D eigenvalue weighted by molar-refractivity contribution is 0.102. The molecule has 2 aromatic heterocycles. The van der Waals surface area contributed by atoms with Crippen LogP contribution in [0.5, 0.6) is 11.5 Å². The molecule has 1 N–H and O–H groups in total. The minimum absolute atomic E-state index is 0.00937. The van der Waals surface area contributed by atoms with Crippen LogP contribution in [0.3, 0.4) is 0 Å². The van der Waals surface area contributed by atoms with Crippen molar-refractivity contribution < 1.29 is 23.1 Å². The molecule has 1 amide bonds. The van der Waals surface area contributed by atoms with E-state index in [0.717, 1.165) is 11.1 Å². The summed E-state index contributed by atoms with van der Waals surface area (Å²) in [4.78, 5) is 12.6. The van der Waals surface area contributed by atoms with Crippen molar-refractivity contribution in [3.8, 4) is 34.3 Å². The fourth-order valence-corrected chi connectivity index (χ4v) is 2.86. The zero-order valence-electron chi connectivity index (χ0n) is 14.4. The topological polar surface area (TPSA) is 99.6 Å². The standard InChI is InChI=1S/C20H13N3O5/c24-18(21-20-23-22-19(28-20)16-5-2-8-25-16)14-4-1-3-12(9-14)13-6-7-15-17(10-13)27-11-26-15/h1-10H,11H2,(H,21,23,24). The van der Waals surface area contributed by atoms with Gasteiger partial charge in [0.1, 0.15) is 0 Å². The average molecular weight is 375 g/mol. The van der Waals surface area contributed by atoms with Crippen LogP contribution in [0.4, 0.5) is 6.01 Å². The second kappa shape index (κ2) is 6.58. The van der Waals surface area contributed by atoms with Crippen molar-refractivity contribution in [1.82, 2.24) is 10.2 Å². The summed E-state index contributed by atoms with van der Waals surface area (Å²) in [6, 6.07) is 16.2. The van der Waals surface area contributed by atoms with E-state index in [-0.39, 0.29) is 24.6 Å². The first-order chi connectivity index (χ1) is 13.8. The van der Waals surface area contributed by atoms with E-state index >= 15 is 0 Å². The van der Waals surface area contributed by atoms with Gasteiger partial charge in [0.15, 0.2) is 17.3 Å². The monoisotopic (exact) mass is 375 g/mol. The predicted molar refractivity (Wildman–Crippen MR) is 98.0 cm³/mol.